The number of likely N-dealkylation sites (tertiary alicyclic amines) is 1. The number of carbonyl (C=O) groups is 1. The molecule has 12 heavy (non-hydrogen) atoms. The number of carbonyl (C=O) groups excluding carboxylic acids is 1. The standard InChI is InChI=1S/C10H15NO/c1-8-2-4-9(5-3-8)11-7-6-10(11)12/h4,8H,2-3,5-7H2,1H3. The van der Waals surface area contributed by atoms with Crippen LogP contribution in [-0.4, -0.2) is 17.4 Å². The molecule has 1 fully saturated rings. The molecule has 1 aliphatic heterocycles. The molecule has 1 unspecified atom stereocenters. The van der Waals surface area contributed by atoms with Gasteiger partial charge >= 0.3 is 0 Å². The summed E-state index contributed by atoms with van der Waals surface area (Å²) in [6.45, 7) is 3.23. The Kier molecular flexibility index (Phi) is 1.91. The van der Waals surface area contributed by atoms with Gasteiger partial charge in [-0.3, -0.25) is 4.79 Å². The average Bonchev–Trinajstić information content (AvgIpc) is 2.06. The van der Waals surface area contributed by atoms with Crippen molar-refractivity contribution in [3.05, 3.63) is 11.8 Å². The van der Waals surface area contributed by atoms with Crippen LogP contribution in [0.15, 0.2) is 11.8 Å². The van der Waals surface area contributed by atoms with Crippen molar-refractivity contribution in [1.82, 2.24) is 4.90 Å². The van der Waals surface area contributed by atoms with Gasteiger partial charge in [0.05, 0.1) is 0 Å². The number of β-lactam (4-membered cyclic amide) rings is 1. The van der Waals surface area contributed by atoms with Crippen molar-refractivity contribution in [2.75, 3.05) is 6.54 Å². The maximum Gasteiger partial charge on any atom is 0.228 e. The second-order valence-corrected chi connectivity index (χ2v) is 3.87. The van der Waals surface area contributed by atoms with E-state index in [1.54, 1.807) is 0 Å². The summed E-state index contributed by atoms with van der Waals surface area (Å²) in [5.74, 6) is 1.13. The van der Waals surface area contributed by atoms with Gasteiger partial charge in [-0.15, -0.1) is 0 Å². The highest BCUT2D eigenvalue weighted by Gasteiger charge is 2.27. The van der Waals surface area contributed by atoms with Crippen molar-refractivity contribution < 1.29 is 4.79 Å². The quantitative estimate of drug-likeness (QED) is 0.544. The van der Waals surface area contributed by atoms with Crippen LogP contribution in [0.4, 0.5) is 0 Å². The first-order valence-corrected chi connectivity index (χ1v) is 4.77. The van der Waals surface area contributed by atoms with Gasteiger partial charge in [-0.1, -0.05) is 13.0 Å². The molecule has 2 aliphatic rings. The molecule has 0 aromatic carbocycles. The number of nitrogens with zero attached hydrogens (tertiary/aromatic N) is 1. The fourth-order valence-corrected chi connectivity index (χ4v) is 1.82. The minimum absolute atomic E-state index is 0.316. The maximum atomic E-state index is 11.1. The zero-order valence-electron chi connectivity index (χ0n) is 7.55. The topological polar surface area (TPSA) is 20.3 Å². The summed E-state index contributed by atoms with van der Waals surface area (Å²) < 4.78 is 0. The van der Waals surface area contributed by atoms with Gasteiger partial charge in [0.1, 0.15) is 0 Å². The molecule has 1 saturated heterocycles. The van der Waals surface area contributed by atoms with E-state index in [1.165, 1.54) is 12.1 Å². The van der Waals surface area contributed by atoms with E-state index in [0.29, 0.717) is 5.91 Å². The second-order valence-electron chi connectivity index (χ2n) is 3.87. The highest BCUT2D eigenvalue weighted by Crippen LogP contribution is 2.28. The molecular weight excluding hydrogens is 150 g/mol. The summed E-state index contributed by atoms with van der Waals surface area (Å²) in [6, 6.07) is 0. The molecule has 0 radical (unpaired) electrons. The van der Waals surface area contributed by atoms with Crippen LogP contribution >= 0.6 is 0 Å². The Morgan fingerprint density at radius 1 is 1.50 bits per heavy atom. The van der Waals surface area contributed by atoms with Gasteiger partial charge in [0.25, 0.3) is 0 Å². The molecule has 2 heteroatoms. The Balaban J connectivity index is 2.00. The normalized spacial score (nSPS) is 29.8. The summed E-state index contributed by atoms with van der Waals surface area (Å²) >= 11 is 0. The molecule has 2 nitrogen and oxygen atoms in total. The molecule has 1 aliphatic carbocycles. The van der Waals surface area contributed by atoms with Gasteiger partial charge in [0.2, 0.25) is 5.91 Å². The Morgan fingerprint density at radius 3 is 2.75 bits per heavy atom. The van der Waals surface area contributed by atoms with E-state index in [-0.39, 0.29) is 0 Å². The van der Waals surface area contributed by atoms with Crippen LogP contribution in [-0.2, 0) is 4.79 Å². The van der Waals surface area contributed by atoms with Crippen LogP contribution < -0.4 is 0 Å². The Hall–Kier alpha value is -0.790. The second kappa shape index (κ2) is 2.92. The minimum atomic E-state index is 0.316. The summed E-state index contributed by atoms with van der Waals surface area (Å²) in [5, 5.41) is 0. The van der Waals surface area contributed by atoms with E-state index in [4.69, 9.17) is 0 Å². The average molecular weight is 165 g/mol. The Labute approximate surface area is 73.2 Å². The summed E-state index contributed by atoms with van der Waals surface area (Å²) in [4.78, 5) is 13.0. The van der Waals surface area contributed by atoms with E-state index >= 15 is 0 Å². The molecule has 1 atom stereocenters. The summed E-state index contributed by atoms with van der Waals surface area (Å²) in [6.07, 6.45) is 6.50. The monoisotopic (exact) mass is 165 g/mol. The highest BCUT2D eigenvalue weighted by molar-refractivity contribution is 5.83. The number of allylic oxidation sites excluding steroid dienone is 2. The fourth-order valence-electron chi connectivity index (χ4n) is 1.82. The number of hydrogen-bond acceptors (Lipinski definition) is 1. The van der Waals surface area contributed by atoms with Crippen molar-refractivity contribution in [1.29, 1.82) is 0 Å². The van der Waals surface area contributed by atoms with Crippen LogP contribution in [0.2, 0.25) is 0 Å². The van der Waals surface area contributed by atoms with Crippen LogP contribution in [0, 0.1) is 5.92 Å². The zero-order valence-corrected chi connectivity index (χ0v) is 7.55. The first-order chi connectivity index (χ1) is 5.77. The lowest BCUT2D eigenvalue weighted by molar-refractivity contribution is -0.137. The molecule has 66 valence electrons. The fraction of sp³-hybridized carbons (Fsp3) is 0.700. The first-order valence-electron chi connectivity index (χ1n) is 4.77. The third-order valence-electron chi connectivity index (χ3n) is 2.85. The molecule has 1 amide bonds. The van der Waals surface area contributed by atoms with Crippen LogP contribution in [0.3, 0.4) is 0 Å². The van der Waals surface area contributed by atoms with Crippen molar-refractivity contribution >= 4 is 5.91 Å². The smallest absolute Gasteiger partial charge is 0.228 e. The summed E-state index contributed by atoms with van der Waals surface area (Å²) in [5.41, 5.74) is 1.28. The lowest BCUT2D eigenvalue weighted by Gasteiger charge is -2.35. The van der Waals surface area contributed by atoms with Gasteiger partial charge in [-0.25, -0.2) is 0 Å². The van der Waals surface area contributed by atoms with Gasteiger partial charge < -0.3 is 4.90 Å². The van der Waals surface area contributed by atoms with Crippen LogP contribution in [0.25, 0.3) is 0 Å². The third kappa shape index (κ3) is 1.26. The van der Waals surface area contributed by atoms with Crippen LogP contribution in [0.1, 0.15) is 32.6 Å². The van der Waals surface area contributed by atoms with E-state index in [0.717, 1.165) is 31.7 Å². The lowest BCUT2D eigenvalue weighted by Crippen LogP contribution is -2.42. The first kappa shape index (κ1) is 7.84. The molecule has 2 rings (SSSR count). The molecule has 1 heterocycles. The molecule has 0 bridgehead atoms. The van der Waals surface area contributed by atoms with Crippen molar-refractivity contribution in [3.63, 3.8) is 0 Å². The predicted molar refractivity (Wildman–Crippen MR) is 47.4 cm³/mol. The predicted octanol–water partition coefficient (Wildman–Crippen LogP) is 1.92. The number of hydrogen-bond donors (Lipinski definition) is 0. The molecule has 0 N–H and O–H groups in total. The molecule has 0 aromatic heterocycles. The molecule has 0 aromatic rings. The van der Waals surface area contributed by atoms with Gasteiger partial charge in [0.15, 0.2) is 0 Å². The molecule has 0 spiro atoms. The third-order valence-corrected chi connectivity index (χ3v) is 2.85. The van der Waals surface area contributed by atoms with Gasteiger partial charge in [-0.2, -0.15) is 0 Å². The van der Waals surface area contributed by atoms with E-state index in [9.17, 15) is 4.79 Å². The SMILES string of the molecule is CC1CC=C(N2CCC2=O)CC1. The van der Waals surface area contributed by atoms with Crippen molar-refractivity contribution in [3.8, 4) is 0 Å². The zero-order chi connectivity index (χ0) is 8.55. The highest BCUT2D eigenvalue weighted by atomic mass is 16.2. The van der Waals surface area contributed by atoms with Gasteiger partial charge in [-0.05, 0) is 25.2 Å². The van der Waals surface area contributed by atoms with Gasteiger partial charge in [0, 0.05) is 18.7 Å². The molecule has 0 saturated carbocycles. The summed E-state index contributed by atoms with van der Waals surface area (Å²) in [7, 11) is 0. The van der Waals surface area contributed by atoms with Crippen molar-refractivity contribution in [2.24, 2.45) is 5.92 Å². The maximum absolute atomic E-state index is 11.1. The lowest BCUT2D eigenvalue weighted by atomic mass is 9.92. The number of rotatable bonds is 1. The van der Waals surface area contributed by atoms with E-state index in [1.807, 2.05) is 4.90 Å². The molecular formula is C10H15NO. The van der Waals surface area contributed by atoms with Crippen LogP contribution in [0.5, 0.6) is 0 Å². The number of amides is 1. The van der Waals surface area contributed by atoms with Crippen molar-refractivity contribution in [2.45, 2.75) is 32.6 Å². The largest absolute Gasteiger partial charge is 0.316 e. The Morgan fingerprint density at radius 2 is 2.33 bits per heavy atom. The van der Waals surface area contributed by atoms with E-state index in [2.05, 4.69) is 13.0 Å². The minimum Gasteiger partial charge on any atom is -0.316 e. The Bertz CT molecular complexity index is 232. The van der Waals surface area contributed by atoms with E-state index < -0.39 is 0 Å².